The van der Waals surface area contributed by atoms with Crippen molar-refractivity contribution < 1.29 is 7.65 Å². The van der Waals surface area contributed by atoms with Gasteiger partial charge in [0.15, 0.2) is 0 Å². The normalized spacial score (nSPS) is 17.8. The Morgan fingerprint density at radius 1 is 1.09 bits per heavy atom. The third kappa shape index (κ3) is 2.19. The molecule has 1 amide bonds. The van der Waals surface area contributed by atoms with Crippen molar-refractivity contribution in [2.45, 2.75) is 18.8 Å². The molecule has 1 aliphatic rings. The predicted molar refractivity (Wildman–Crippen MR) is 92.1 cm³/mol. The molecule has 2 heterocycles. The summed E-state index contributed by atoms with van der Waals surface area (Å²) in [4.78, 5) is 16.0. The molecule has 3 heteroatoms. The second kappa shape index (κ2) is 5.34. The molecule has 3 nitrogen and oxygen atoms in total. The van der Waals surface area contributed by atoms with Crippen LogP contribution in [-0.2, 0) is 17.6 Å². The van der Waals surface area contributed by atoms with Crippen molar-refractivity contribution in [3.05, 3.63) is 71.4 Å². The Balaban J connectivity index is 0.00000104. The summed E-state index contributed by atoms with van der Waals surface area (Å²) in [6, 6.07) is 16.4. The monoisotopic (exact) mass is 294 g/mol. The quantitative estimate of drug-likeness (QED) is 0.744. The van der Waals surface area contributed by atoms with Crippen LogP contribution in [0.3, 0.4) is 0 Å². The lowest BCUT2D eigenvalue weighted by Crippen LogP contribution is -2.33. The lowest BCUT2D eigenvalue weighted by Gasteiger charge is -2.21. The Morgan fingerprint density at radius 3 is 2.82 bits per heavy atom. The smallest absolute Gasteiger partial charge is 0.227 e. The van der Waals surface area contributed by atoms with Crippen LogP contribution < -0.4 is 5.32 Å². The van der Waals surface area contributed by atoms with Crippen molar-refractivity contribution in [1.29, 1.82) is 0 Å². The van der Waals surface area contributed by atoms with Crippen LogP contribution in [0, 0.1) is 0 Å². The Kier molecular flexibility index (Phi) is 3.19. The van der Waals surface area contributed by atoms with E-state index < -0.39 is 0 Å². The molecule has 22 heavy (non-hydrogen) atoms. The molecule has 0 saturated heterocycles. The SMILES string of the molecule is O=C1NCCc2c[nH]c3cccc(c23)C1Cc1ccccc1.[HH].[HH]. The number of rotatable bonds is 2. The average Bonchev–Trinajstić information content (AvgIpc) is 2.96. The van der Waals surface area contributed by atoms with Crippen molar-refractivity contribution in [2.75, 3.05) is 6.54 Å². The number of carbonyl (C=O) groups excluding carboxylic acids is 1. The van der Waals surface area contributed by atoms with E-state index in [1.807, 2.05) is 24.3 Å². The van der Waals surface area contributed by atoms with Gasteiger partial charge in [-0.05, 0) is 35.6 Å². The topological polar surface area (TPSA) is 44.9 Å². The van der Waals surface area contributed by atoms with Gasteiger partial charge in [-0.15, -0.1) is 0 Å². The molecule has 2 aromatic carbocycles. The summed E-state index contributed by atoms with van der Waals surface area (Å²) in [5.74, 6) is -0.0100. The zero-order chi connectivity index (χ0) is 14.9. The minimum absolute atomic E-state index is 0. The number of hydrogen-bond donors (Lipinski definition) is 2. The van der Waals surface area contributed by atoms with Gasteiger partial charge in [-0.3, -0.25) is 4.79 Å². The van der Waals surface area contributed by atoms with Crippen LogP contribution in [-0.4, -0.2) is 17.4 Å². The van der Waals surface area contributed by atoms with Gasteiger partial charge in [-0.2, -0.15) is 0 Å². The van der Waals surface area contributed by atoms with Crippen molar-refractivity contribution in [1.82, 2.24) is 10.3 Å². The van der Waals surface area contributed by atoms with E-state index >= 15 is 0 Å². The highest BCUT2D eigenvalue weighted by molar-refractivity contribution is 5.94. The predicted octanol–water partition coefficient (Wildman–Crippen LogP) is 3.66. The zero-order valence-electron chi connectivity index (χ0n) is 12.3. The molecule has 114 valence electrons. The van der Waals surface area contributed by atoms with Crippen LogP contribution in [0.2, 0.25) is 0 Å². The molecule has 0 fully saturated rings. The molecular weight excluding hydrogens is 272 g/mol. The van der Waals surface area contributed by atoms with Gasteiger partial charge < -0.3 is 10.3 Å². The fourth-order valence-corrected chi connectivity index (χ4v) is 3.41. The van der Waals surface area contributed by atoms with E-state index in [4.69, 9.17) is 0 Å². The number of nitrogens with one attached hydrogen (secondary N) is 2. The molecule has 1 aromatic heterocycles. The van der Waals surface area contributed by atoms with E-state index in [2.05, 4.69) is 40.8 Å². The van der Waals surface area contributed by atoms with E-state index in [0.717, 1.165) is 23.9 Å². The fraction of sp³-hybridized carbons (Fsp3) is 0.211. The Bertz CT molecular complexity index is 830. The lowest BCUT2D eigenvalue weighted by atomic mass is 9.86. The van der Waals surface area contributed by atoms with E-state index in [1.54, 1.807) is 0 Å². The molecular formula is C19H22N2O. The summed E-state index contributed by atoms with van der Waals surface area (Å²) in [5.41, 5.74) is 4.75. The standard InChI is InChI=1S/C19H18N2O.2H2/c22-19-16(11-13-5-2-1-3-6-13)15-7-4-8-17-18(15)14(12-21-17)9-10-20-19;;/h1-8,12,16,21H,9-11H2,(H,20,22);2*1H. The minimum Gasteiger partial charge on any atom is -0.361 e. The van der Waals surface area contributed by atoms with Crippen LogP contribution in [0.4, 0.5) is 0 Å². The minimum atomic E-state index is -0.138. The van der Waals surface area contributed by atoms with Crippen LogP contribution >= 0.6 is 0 Å². The maximum Gasteiger partial charge on any atom is 0.227 e. The lowest BCUT2D eigenvalue weighted by molar-refractivity contribution is -0.122. The third-order valence-electron chi connectivity index (χ3n) is 4.49. The van der Waals surface area contributed by atoms with Gasteiger partial charge >= 0.3 is 0 Å². The summed E-state index contributed by atoms with van der Waals surface area (Å²) in [7, 11) is 0. The van der Waals surface area contributed by atoms with E-state index in [-0.39, 0.29) is 14.7 Å². The van der Waals surface area contributed by atoms with Crippen molar-refractivity contribution >= 4 is 16.8 Å². The number of amides is 1. The fourth-order valence-electron chi connectivity index (χ4n) is 3.41. The highest BCUT2D eigenvalue weighted by atomic mass is 16.1. The van der Waals surface area contributed by atoms with Crippen LogP contribution in [0.15, 0.2) is 54.7 Å². The summed E-state index contributed by atoms with van der Waals surface area (Å²) < 4.78 is 0. The van der Waals surface area contributed by atoms with Crippen molar-refractivity contribution in [3.63, 3.8) is 0 Å². The Hall–Kier alpha value is -2.55. The molecule has 2 N–H and O–H groups in total. The first-order valence-corrected chi connectivity index (χ1v) is 7.73. The van der Waals surface area contributed by atoms with Crippen LogP contribution in [0.25, 0.3) is 10.9 Å². The molecule has 0 radical (unpaired) electrons. The number of carbonyl (C=O) groups is 1. The first-order valence-electron chi connectivity index (χ1n) is 7.73. The van der Waals surface area contributed by atoms with Gasteiger partial charge in [0, 0.05) is 26.5 Å². The number of aromatic amines is 1. The molecule has 1 aliphatic heterocycles. The van der Waals surface area contributed by atoms with Crippen LogP contribution in [0.5, 0.6) is 0 Å². The molecule has 0 spiro atoms. The molecule has 0 bridgehead atoms. The average molecular weight is 294 g/mol. The summed E-state index contributed by atoms with van der Waals surface area (Å²) in [6.07, 6.45) is 3.68. The summed E-state index contributed by atoms with van der Waals surface area (Å²) in [5, 5.41) is 4.31. The molecule has 4 rings (SSSR count). The van der Waals surface area contributed by atoms with Crippen LogP contribution in [0.1, 0.15) is 25.5 Å². The van der Waals surface area contributed by atoms with E-state index in [1.165, 1.54) is 16.5 Å². The number of H-pyrrole nitrogens is 1. The largest absolute Gasteiger partial charge is 0.361 e. The molecule has 3 aromatic rings. The van der Waals surface area contributed by atoms with Gasteiger partial charge in [0.05, 0.1) is 5.92 Å². The first-order chi connectivity index (χ1) is 10.8. The summed E-state index contributed by atoms with van der Waals surface area (Å²) >= 11 is 0. The molecule has 1 unspecified atom stereocenters. The van der Waals surface area contributed by atoms with E-state index in [0.29, 0.717) is 6.54 Å². The molecule has 1 atom stereocenters. The second-order valence-electron chi connectivity index (χ2n) is 5.87. The second-order valence-corrected chi connectivity index (χ2v) is 5.87. The highest BCUT2D eigenvalue weighted by Crippen LogP contribution is 2.32. The van der Waals surface area contributed by atoms with Gasteiger partial charge in [0.1, 0.15) is 0 Å². The van der Waals surface area contributed by atoms with Gasteiger partial charge in [0.2, 0.25) is 5.91 Å². The van der Waals surface area contributed by atoms with Gasteiger partial charge in [-0.1, -0.05) is 42.5 Å². The number of hydrogen-bond acceptors (Lipinski definition) is 1. The zero-order valence-corrected chi connectivity index (χ0v) is 12.3. The molecule has 0 saturated carbocycles. The summed E-state index contributed by atoms with van der Waals surface area (Å²) in [6.45, 7) is 0.700. The Labute approximate surface area is 132 Å². The maximum atomic E-state index is 12.6. The van der Waals surface area contributed by atoms with E-state index in [9.17, 15) is 4.79 Å². The Morgan fingerprint density at radius 2 is 1.95 bits per heavy atom. The first kappa shape index (κ1) is 13.1. The highest BCUT2D eigenvalue weighted by Gasteiger charge is 2.26. The van der Waals surface area contributed by atoms with Crippen molar-refractivity contribution in [3.8, 4) is 0 Å². The van der Waals surface area contributed by atoms with Gasteiger partial charge in [0.25, 0.3) is 0 Å². The number of benzene rings is 2. The third-order valence-corrected chi connectivity index (χ3v) is 4.49. The maximum absolute atomic E-state index is 12.6. The van der Waals surface area contributed by atoms with Gasteiger partial charge in [-0.25, -0.2) is 0 Å². The molecule has 0 aliphatic carbocycles. The van der Waals surface area contributed by atoms with Crippen molar-refractivity contribution in [2.24, 2.45) is 0 Å². The number of aromatic nitrogens is 1.